The van der Waals surface area contributed by atoms with Crippen molar-refractivity contribution in [1.29, 1.82) is 0 Å². The molecule has 118 valence electrons. The average Bonchev–Trinajstić information content (AvgIpc) is 2.84. The van der Waals surface area contributed by atoms with E-state index in [1.54, 1.807) is 24.3 Å². The molecule has 2 rings (SSSR count). The molecule has 0 spiro atoms. The Kier molecular flexibility index (Phi) is 4.69. The first-order chi connectivity index (χ1) is 10.4. The van der Waals surface area contributed by atoms with E-state index < -0.39 is 18.6 Å². The maximum absolute atomic E-state index is 12.2. The van der Waals surface area contributed by atoms with E-state index in [1.165, 1.54) is 0 Å². The van der Waals surface area contributed by atoms with Crippen LogP contribution in [0.2, 0.25) is 0 Å². The van der Waals surface area contributed by atoms with Crippen LogP contribution in [-0.4, -0.2) is 28.5 Å². The van der Waals surface area contributed by atoms with Crippen molar-refractivity contribution in [3.05, 3.63) is 42.2 Å². The molecule has 2 aromatic rings. The van der Waals surface area contributed by atoms with Gasteiger partial charge in [-0.3, -0.25) is 9.48 Å². The smallest absolute Gasteiger partial charge is 0.408 e. The van der Waals surface area contributed by atoms with Crippen LogP contribution in [0.15, 0.2) is 36.7 Å². The highest BCUT2D eigenvalue weighted by Gasteiger charge is 2.28. The highest BCUT2D eigenvalue weighted by atomic mass is 19.4. The summed E-state index contributed by atoms with van der Waals surface area (Å²) in [4.78, 5) is 12.0. The molecule has 0 aliphatic heterocycles. The molecule has 1 aromatic heterocycles. The van der Waals surface area contributed by atoms with Gasteiger partial charge >= 0.3 is 6.18 Å². The van der Waals surface area contributed by atoms with Gasteiger partial charge in [-0.15, -0.1) is 0 Å². The first-order valence-corrected chi connectivity index (χ1v) is 6.51. The number of nitrogens with zero attached hydrogens (tertiary/aromatic N) is 2. The molecule has 0 bridgehead atoms. The molecule has 1 heterocycles. The molecule has 0 saturated carbocycles. The van der Waals surface area contributed by atoms with E-state index in [0.717, 1.165) is 12.4 Å². The molecular formula is C14H14F3N3O2. The summed E-state index contributed by atoms with van der Waals surface area (Å²) in [7, 11) is 0. The van der Waals surface area contributed by atoms with Crippen molar-refractivity contribution in [2.75, 3.05) is 11.9 Å². The number of anilines is 1. The number of nitrogens with one attached hydrogen (secondary N) is 1. The second-order valence-corrected chi connectivity index (χ2v) is 4.45. The van der Waals surface area contributed by atoms with Gasteiger partial charge < -0.3 is 10.1 Å². The summed E-state index contributed by atoms with van der Waals surface area (Å²) >= 11 is 0. The molecule has 0 unspecified atom stereocenters. The molecule has 22 heavy (non-hydrogen) atoms. The SMILES string of the molecule is CCOc1ccc(C(=O)Nc2cnn(CC(F)(F)F)c2)cc1. The number of carbonyl (C=O) groups excluding carboxylic acids is 1. The van der Waals surface area contributed by atoms with Gasteiger partial charge in [-0.1, -0.05) is 0 Å². The normalized spacial score (nSPS) is 11.3. The van der Waals surface area contributed by atoms with Crippen LogP contribution in [0.4, 0.5) is 18.9 Å². The lowest BCUT2D eigenvalue weighted by Gasteiger charge is -2.06. The summed E-state index contributed by atoms with van der Waals surface area (Å²) in [6, 6.07) is 6.43. The monoisotopic (exact) mass is 313 g/mol. The molecule has 0 aliphatic rings. The number of alkyl halides is 3. The average molecular weight is 313 g/mol. The molecular weight excluding hydrogens is 299 g/mol. The van der Waals surface area contributed by atoms with E-state index in [1.807, 2.05) is 6.92 Å². The van der Waals surface area contributed by atoms with Crippen LogP contribution in [0.5, 0.6) is 5.75 Å². The second kappa shape index (κ2) is 6.50. The number of hydrogen-bond acceptors (Lipinski definition) is 3. The fraction of sp³-hybridized carbons (Fsp3) is 0.286. The molecule has 0 aliphatic carbocycles. The lowest BCUT2D eigenvalue weighted by atomic mass is 10.2. The van der Waals surface area contributed by atoms with Crippen LogP contribution in [0.25, 0.3) is 0 Å². The fourth-order valence-corrected chi connectivity index (χ4v) is 1.77. The number of ether oxygens (including phenoxy) is 1. The lowest BCUT2D eigenvalue weighted by Crippen LogP contribution is -2.18. The van der Waals surface area contributed by atoms with Crippen LogP contribution in [0.1, 0.15) is 17.3 Å². The number of carbonyl (C=O) groups is 1. The Morgan fingerprint density at radius 2 is 2.00 bits per heavy atom. The Balaban J connectivity index is 1.99. The van der Waals surface area contributed by atoms with Gasteiger partial charge in [0.25, 0.3) is 5.91 Å². The summed E-state index contributed by atoms with van der Waals surface area (Å²) in [5, 5.41) is 6.03. The largest absolute Gasteiger partial charge is 0.494 e. The zero-order chi connectivity index (χ0) is 16.2. The number of amides is 1. The summed E-state index contributed by atoms with van der Waals surface area (Å²) in [5.41, 5.74) is 0.565. The third-order valence-electron chi connectivity index (χ3n) is 2.66. The minimum atomic E-state index is -4.36. The van der Waals surface area contributed by atoms with Crippen molar-refractivity contribution < 1.29 is 22.7 Å². The van der Waals surface area contributed by atoms with E-state index in [-0.39, 0.29) is 5.69 Å². The van der Waals surface area contributed by atoms with Crippen LogP contribution >= 0.6 is 0 Å². The fourth-order valence-electron chi connectivity index (χ4n) is 1.77. The minimum Gasteiger partial charge on any atom is -0.494 e. The van der Waals surface area contributed by atoms with Crippen LogP contribution in [-0.2, 0) is 6.54 Å². The number of benzene rings is 1. The van der Waals surface area contributed by atoms with Crippen LogP contribution in [0, 0.1) is 0 Å². The molecule has 8 heteroatoms. The maximum Gasteiger partial charge on any atom is 0.408 e. The molecule has 1 amide bonds. The van der Waals surface area contributed by atoms with Crippen molar-refractivity contribution >= 4 is 11.6 Å². The van der Waals surface area contributed by atoms with Crippen molar-refractivity contribution in [3.8, 4) is 5.75 Å². The lowest BCUT2D eigenvalue weighted by molar-refractivity contribution is -0.142. The highest BCUT2D eigenvalue weighted by molar-refractivity contribution is 6.04. The predicted octanol–water partition coefficient (Wildman–Crippen LogP) is 3.10. The van der Waals surface area contributed by atoms with Crippen molar-refractivity contribution in [2.45, 2.75) is 19.6 Å². The van der Waals surface area contributed by atoms with Crippen molar-refractivity contribution in [3.63, 3.8) is 0 Å². The molecule has 0 radical (unpaired) electrons. The topological polar surface area (TPSA) is 56.1 Å². The third kappa shape index (κ3) is 4.51. The molecule has 1 N–H and O–H groups in total. The Hall–Kier alpha value is -2.51. The van der Waals surface area contributed by atoms with Gasteiger partial charge in [-0.2, -0.15) is 18.3 Å². The summed E-state index contributed by atoms with van der Waals surface area (Å²) in [6.07, 6.45) is -2.07. The number of hydrogen-bond donors (Lipinski definition) is 1. The van der Waals surface area contributed by atoms with Crippen LogP contribution in [0.3, 0.4) is 0 Å². The van der Waals surface area contributed by atoms with E-state index in [0.29, 0.717) is 22.6 Å². The summed E-state index contributed by atoms with van der Waals surface area (Å²) < 4.78 is 42.6. The van der Waals surface area contributed by atoms with Gasteiger partial charge in [0, 0.05) is 11.8 Å². The minimum absolute atomic E-state index is 0.197. The number of halogens is 3. The first kappa shape index (κ1) is 15.9. The Bertz CT molecular complexity index is 636. The molecule has 1 aromatic carbocycles. The van der Waals surface area contributed by atoms with E-state index in [9.17, 15) is 18.0 Å². The Morgan fingerprint density at radius 1 is 1.32 bits per heavy atom. The van der Waals surface area contributed by atoms with Gasteiger partial charge in [-0.05, 0) is 31.2 Å². The van der Waals surface area contributed by atoms with Gasteiger partial charge in [0.05, 0.1) is 18.5 Å². The molecule has 0 atom stereocenters. The zero-order valence-corrected chi connectivity index (χ0v) is 11.7. The Morgan fingerprint density at radius 3 is 2.59 bits per heavy atom. The summed E-state index contributed by atoms with van der Waals surface area (Å²) in [5.74, 6) is 0.201. The first-order valence-electron chi connectivity index (χ1n) is 6.51. The van der Waals surface area contributed by atoms with E-state index in [2.05, 4.69) is 10.4 Å². The summed E-state index contributed by atoms with van der Waals surface area (Å²) in [6.45, 7) is 1.16. The van der Waals surface area contributed by atoms with Gasteiger partial charge in [0.15, 0.2) is 0 Å². The quantitative estimate of drug-likeness (QED) is 0.923. The molecule has 0 fully saturated rings. The molecule has 0 saturated heterocycles. The number of rotatable bonds is 5. The van der Waals surface area contributed by atoms with Gasteiger partial charge in [0.2, 0.25) is 0 Å². The second-order valence-electron chi connectivity index (χ2n) is 4.45. The van der Waals surface area contributed by atoms with Gasteiger partial charge in [-0.25, -0.2) is 0 Å². The molecule has 5 nitrogen and oxygen atoms in total. The predicted molar refractivity (Wildman–Crippen MR) is 73.8 cm³/mol. The highest BCUT2D eigenvalue weighted by Crippen LogP contribution is 2.18. The zero-order valence-electron chi connectivity index (χ0n) is 11.7. The van der Waals surface area contributed by atoms with Crippen molar-refractivity contribution in [2.24, 2.45) is 0 Å². The van der Waals surface area contributed by atoms with Gasteiger partial charge in [0.1, 0.15) is 12.3 Å². The van der Waals surface area contributed by atoms with Crippen molar-refractivity contribution in [1.82, 2.24) is 9.78 Å². The standard InChI is InChI=1S/C14H14F3N3O2/c1-2-22-12-5-3-10(4-6-12)13(21)19-11-7-18-20(8-11)9-14(15,16)17/h3-8H,2,9H2,1H3,(H,19,21). The van der Waals surface area contributed by atoms with Crippen LogP contribution < -0.4 is 10.1 Å². The number of aromatic nitrogens is 2. The van der Waals surface area contributed by atoms with E-state index >= 15 is 0 Å². The third-order valence-corrected chi connectivity index (χ3v) is 2.66. The maximum atomic E-state index is 12.2. The van der Waals surface area contributed by atoms with E-state index in [4.69, 9.17) is 4.74 Å². The Labute approximate surface area is 124 Å².